The maximum absolute atomic E-state index is 10.5. The van der Waals surface area contributed by atoms with Crippen molar-refractivity contribution < 1.29 is 9.34 Å². The molecule has 0 unspecified atom stereocenters. The molecule has 1 aliphatic carbocycles. The van der Waals surface area contributed by atoms with Crippen molar-refractivity contribution in [2.45, 2.75) is 51.1 Å². The predicted molar refractivity (Wildman–Crippen MR) is 81.2 cm³/mol. The van der Waals surface area contributed by atoms with Gasteiger partial charge in [-0.2, -0.15) is 0 Å². The minimum absolute atomic E-state index is 0.191. The fourth-order valence-corrected chi connectivity index (χ4v) is 2.93. The van der Waals surface area contributed by atoms with Crippen LogP contribution in [0.3, 0.4) is 0 Å². The smallest absolute Gasteiger partial charge is 0.404 e. The Morgan fingerprint density at radius 3 is 2.81 bits per heavy atom. The highest BCUT2D eigenvalue weighted by atomic mass is 16.6. The highest BCUT2D eigenvalue weighted by Gasteiger charge is 2.17. The molecule has 0 radical (unpaired) electrons. The van der Waals surface area contributed by atoms with Gasteiger partial charge in [0.25, 0.3) is 0 Å². The maximum Gasteiger partial charge on any atom is 0.433 e. The van der Waals surface area contributed by atoms with Gasteiger partial charge in [0, 0.05) is 6.04 Å². The molecule has 6 heteroatoms. The topological polar surface area (TPSA) is 71.5 Å². The van der Waals surface area contributed by atoms with Crippen LogP contribution in [0, 0.1) is 10.1 Å². The number of hydrogen-bond acceptors (Lipinski definition) is 5. The summed E-state index contributed by atoms with van der Waals surface area (Å²) in [7, 11) is 2.21. The van der Waals surface area contributed by atoms with E-state index in [1.165, 1.54) is 38.2 Å². The number of nitrogens with zero attached hydrogens (tertiary/aromatic N) is 2. The van der Waals surface area contributed by atoms with Crippen molar-refractivity contribution in [2.75, 3.05) is 20.1 Å². The first-order valence-corrected chi connectivity index (χ1v) is 7.81. The molecule has 1 N–H and O–H groups in total. The quantitative estimate of drug-likeness (QED) is 0.453. The average molecular weight is 295 g/mol. The highest BCUT2D eigenvalue weighted by Crippen LogP contribution is 2.21. The first kappa shape index (κ1) is 16.0. The van der Waals surface area contributed by atoms with Crippen LogP contribution in [-0.4, -0.2) is 36.0 Å². The van der Waals surface area contributed by atoms with E-state index in [2.05, 4.69) is 17.3 Å². The van der Waals surface area contributed by atoms with E-state index in [0.29, 0.717) is 12.3 Å². The van der Waals surface area contributed by atoms with Crippen LogP contribution in [0.15, 0.2) is 16.5 Å². The van der Waals surface area contributed by atoms with E-state index < -0.39 is 4.92 Å². The molecule has 0 spiro atoms. The van der Waals surface area contributed by atoms with Crippen molar-refractivity contribution in [3.8, 4) is 0 Å². The molecular formula is C15H25N3O3. The van der Waals surface area contributed by atoms with Crippen LogP contribution in [0.25, 0.3) is 0 Å². The Balaban J connectivity index is 1.57. The van der Waals surface area contributed by atoms with E-state index in [-0.39, 0.29) is 5.88 Å². The second kappa shape index (κ2) is 8.14. The number of furan rings is 1. The summed E-state index contributed by atoms with van der Waals surface area (Å²) in [6, 6.07) is 3.80. The molecule has 1 fully saturated rings. The van der Waals surface area contributed by atoms with Crippen LogP contribution in [0.5, 0.6) is 0 Å². The van der Waals surface area contributed by atoms with Crippen LogP contribution in [0.4, 0.5) is 5.88 Å². The molecule has 1 aromatic heterocycles. The number of nitro groups is 1. The van der Waals surface area contributed by atoms with Crippen molar-refractivity contribution in [3.05, 3.63) is 28.0 Å². The average Bonchev–Trinajstić information content (AvgIpc) is 2.97. The summed E-state index contributed by atoms with van der Waals surface area (Å²) in [6.07, 6.45) is 7.87. The lowest BCUT2D eigenvalue weighted by Crippen LogP contribution is -2.35. The first-order chi connectivity index (χ1) is 10.2. The summed E-state index contributed by atoms with van der Waals surface area (Å²) < 4.78 is 5.10. The lowest BCUT2D eigenvalue weighted by Gasteiger charge is -2.31. The predicted octanol–water partition coefficient (Wildman–Crippen LogP) is 2.93. The second-order valence-electron chi connectivity index (χ2n) is 5.80. The third-order valence-corrected chi connectivity index (χ3v) is 4.19. The van der Waals surface area contributed by atoms with Gasteiger partial charge < -0.3 is 14.6 Å². The minimum Gasteiger partial charge on any atom is -0.404 e. The summed E-state index contributed by atoms with van der Waals surface area (Å²) in [5, 5.41) is 13.8. The van der Waals surface area contributed by atoms with E-state index in [1.807, 2.05) is 0 Å². The molecule has 118 valence electrons. The largest absolute Gasteiger partial charge is 0.433 e. The van der Waals surface area contributed by atoms with E-state index in [0.717, 1.165) is 25.6 Å². The molecule has 0 aromatic carbocycles. The summed E-state index contributed by atoms with van der Waals surface area (Å²) in [6.45, 7) is 2.53. The molecule has 2 rings (SSSR count). The molecule has 0 bridgehead atoms. The fraction of sp³-hybridized carbons (Fsp3) is 0.733. The zero-order chi connectivity index (χ0) is 15.1. The van der Waals surface area contributed by atoms with E-state index in [9.17, 15) is 10.1 Å². The first-order valence-electron chi connectivity index (χ1n) is 7.81. The Kier molecular flexibility index (Phi) is 6.20. The van der Waals surface area contributed by atoms with E-state index >= 15 is 0 Å². The summed E-state index contributed by atoms with van der Waals surface area (Å²) in [4.78, 5) is 12.5. The fourth-order valence-electron chi connectivity index (χ4n) is 2.93. The van der Waals surface area contributed by atoms with Crippen LogP contribution < -0.4 is 5.32 Å². The van der Waals surface area contributed by atoms with Gasteiger partial charge in [-0.15, -0.1) is 0 Å². The molecule has 21 heavy (non-hydrogen) atoms. The zero-order valence-electron chi connectivity index (χ0n) is 12.7. The van der Waals surface area contributed by atoms with Crippen molar-refractivity contribution in [3.63, 3.8) is 0 Å². The van der Waals surface area contributed by atoms with Gasteiger partial charge in [-0.05, 0) is 45.5 Å². The number of rotatable bonds is 8. The van der Waals surface area contributed by atoms with Crippen molar-refractivity contribution in [1.82, 2.24) is 10.2 Å². The number of hydrogen-bond donors (Lipinski definition) is 1. The Bertz CT molecular complexity index is 441. The number of nitrogens with one attached hydrogen (secondary N) is 1. The molecule has 0 aliphatic heterocycles. The van der Waals surface area contributed by atoms with Gasteiger partial charge in [-0.3, -0.25) is 10.1 Å². The molecule has 1 saturated carbocycles. The molecule has 1 heterocycles. The van der Waals surface area contributed by atoms with Crippen molar-refractivity contribution in [1.29, 1.82) is 0 Å². The third kappa shape index (κ3) is 5.13. The summed E-state index contributed by atoms with van der Waals surface area (Å²) in [5.41, 5.74) is 0. The van der Waals surface area contributed by atoms with Crippen LogP contribution in [0.2, 0.25) is 0 Å². The Morgan fingerprint density at radius 1 is 1.38 bits per heavy atom. The highest BCUT2D eigenvalue weighted by molar-refractivity contribution is 5.17. The normalized spacial score (nSPS) is 16.5. The molecule has 0 amide bonds. The van der Waals surface area contributed by atoms with Gasteiger partial charge in [0.1, 0.15) is 10.7 Å². The molecule has 1 aromatic rings. The molecule has 6 nitrogen and oxygen atoms in total. The van der Waals surface area contributed by atoms with E-state index in [4.69, 9.17) is 4.42 Å². The van der Waals surface area contributed by atoms with Gasteiger partial charge >= 0.3 is 5.88 Å². The van der Waals surface area contributed by atoms with Gasteiger partial charge in [-0.1, -0.05) is 19.3 Å². The van der Waals surface area contributed by atoms with Crippen LogP contribution >= 0.6 is 0 Å². The van der Waals surface area contributed by atoms with Crippen LogP contribution in [0.1, 0.15) is 44.3 Å². The Hall–Kier alpha value is -1.40. The van der Waals surface area contributed by atoms with Gasteiger partial charge in [0.2, 0.25) is 0 Å². The van der Waals surface area contributed by atoms with Gasteiger partial charge in [-0.25, -0.2) is 0 Å². The van der Waals surface area contributed by atoms with Gasteiger partial charge in [0.05, 0.1) is 12.6 Å². The van der Waals surface area contributed by atoms with Crippen LogP contribution in [-0.2, 0) is 6.54 Å². The summed E-state index contributed by atoms with van der Waals surface area (Å²) >= 11 is 0. The monoisotopic (exact) mass is 295 g/mol. The molecule has 0 atom stereocenters. The lowest BCUT2D eigenvalue weighted by atomic mass is 9.94. The van der Waals surface area contributed by atoms with Gasteiger partial charge in [0.15, 0.2) is 0 Å². The molecular weight excluding hydrogens is 270 g/mol. The minimum atomic E-state index is -0.511. The maximum atomic E-state index is 10.5. The van der Waals surface area contributed by atoms with Crippen molar-refractivity contribution >= 4 is 5.88 Å². The second-order valence-corrected chi connectivity index (χ2v) is 5.80. The van der Waals surface area contributed by atoms with Crippen molar-refractivity contribution in [2.24, 2.45) is 0 Å². The lowest BCUT2D eigenvalue weighted by molar-refractivity contribution is -0.402. The molecule has 1 aliphatic rings. The SMILES string of the molecule is CN(CCCNCc1ccc([N+](=O)[O-])o1)C1CCCCC1. The Labute approximate surface area is 125 Å². The Morgan fingerprint density at radius 2 is 2.14 bits per heavy atom. The zero-order valence-corrected chi connectivity index (χ0v) is 12.7. The third-order valence-electron chi connectivity index (χ3n) is 4.19. The van der Waals surface area contributed by atoms with E-state index in [1.54, 1.807) is 6.07 Å². The molecule has 0 saturated heterocycles. The standard InChI is InChI=1S/C15H25N3O3/c1-17(13-6-3-2-4-7-13)11-5-10-16-12-14-8-9-15(21-14)18(19)20/h8-9,13,16H,2-7,10-12H2,1H3. The summed E-state index contributed by atoms with van der Waals surface area (Å²) in [5.74, 6) is 0.422.